The summed E-state index contributed by atoms with van der Waals surface area (Å²) in [6.07, 6.45) is -5.78. The first-order valence-electron chi connectivity index (χ1n) is 7.28. The average molecular weight is 376 g/mol. The fourth-order valence-corrected chi connectivity index (χ4v) is 2.64. The van der Waals surface area contributed by atoms with Crippen molar-refractivity contribution in [2.45, 2.75) is 37.6 Å². The SMILES string of the molecule is CC(=O)NC1[C@H](Oc2ccccc2)OC(COS(=O)(=O)[O-])[C@H](O)[C@@H]1O. The lowest BCUT2D eigenvalue weighted by Crippen LogP contribution is -2.65. The number of rotatable bonds is 6. The van der Waals surface area contributed by atoms with Crippen LogP contribution in [0.25, 0.3) is 0 Å². The van der Waals surface area contributed by atoms with Crippen molar-refractivity contribution in [2.24, 2.45) is 0 Å². The van der Waals surface area contributed by atoms with Crippen LogP contribution < -0.4 is 10.1 Å². The molecule has 2 rings (SSSR count). The summed E-state index contributed by atoms with van der Waals surface area (Å²) in [7, 11) is -5.01. The van der Waals surface area contributed by atoms with Crippen LogP contribution in [0.4, 0.5) is 0 Å². The highest BCUT2D eigenvalue weighted by Gasteiger charge is 2.46. The first kappa shape index (κ1) is 19.6. The maximum Gasteiger partial charge on any atom is 0.223 e. The molecule has 5 atom stereocenters. The van der Waals surface area contributed by atoms with Crippen molar-refractivity contribution in [3.05, 3.63) is 30.3 Å². The van der Waals surface area contributed by atoms with Gasteiger partial charge < -0.3 is 29.6 Å². The van der Waals surface area contributed by atoms with Gasteiger partial charge in [0, 0.05) is 6.92 Å². The Bertz CT molecular complexity index is 681. The number of benzene rings is 1. The fourth-order valence-electron chi connectivity index (χ4n) is 2.34. The lowest BCUT2D eigenvalue weighted by molar-refractivity contribution is -0.242. The van der Waals surface area contributed by atoms with Crippen molar-refractivity contribution in [3.8, 4) is 5.75 Å². The third kappa shape index (κ3) is 5.63. The van der Waals surface area contributed by atoms with Crippen LogP contribution in [0, 0.1) is 0 Å². The van der Waals surface area contributed by atoms with Gasteiger partial charge >= 0.3 is 0 Å². The molecule has 10 nitrogen and oxygen atoms in total. The van der Waals surface area contributed by atoms with Gasteiger partial charge in [-0.1, -0.05) is 18.2 Å². The van der Waals surface area contributed by atoms with Crippen LogP contribution in [-0.2, 0) is 24.1 Å². The highest BCUT2D eigenvalue weighted by Crippen LogP contribution is 2.25. The van der Waals surface area contributed by atoms with Gasteiger partial charge in [-0.05, 0) is 12.1 Å². The number of aliphatic hydroxyl groups is 2. The minimum Gasteiger partial charge on any atom is -0.726 e. The molecule has 1 aromatic carbocycles. The van der Waals surface area contributed by atoms with Gasteiger partial charge in [0.25, 0.3) is 0 Å². The maximum absolute atomic E-state index is 11.3. The van der Waals surface area contributed by atoms with Crippen LogP contribution >= 0.6 is 0 Å². The van der Waals surface area contributed by atoms with Gasteiger partial charge in [-0.15, -0.1) is 0 Å². The van der Waals surface area contributed by atoms with Crippen LogP contribution in [0.15, 0.2) is 30.3 Å². The predicted molar refractivity (Wildman–Crippen MR) is 81.0 cm³/mol. The van der Waals surface area contributed by atoms with Crippen LogP contribution in [-0.4, -0.2) is 66.3 Å². The van der Waals surface area contributed by atoms with E-state index in [1.807, 2.05) is 0 Å². The molecule has 1 heterocycles. The molecule has 11 heteroatoms. The van der Waals surface area contributed by atoms with E-state index in [9.17, 15) is 28.0 Å². The van der Waals surface area contributed by atoms with Gasteiger partial charge in [-0.2, -0.15) is 0 Å². The van der Waals surface area contributed by atoms with E-state index < -0.39 is 53.6 Å². The van der Waals surface area contributed by atoms with E-state index in [2.05, 4.69) is 9.50 Å². The predicted octanol–water partition coefficient (Wildman–Crippen LogP) is -1.51. The van der Waals surface area contributed by atoms with E-state index in [-0.39, 0.29) is 0 Å². The molecule has 2 unspecified atom stereocenters. The third-order valence-corrected chi connectivity index (χ3v) is 3.87. The third-order valence-electron chi connectivity index (χ3n) is 3.44. The van der Waals surface area contributed by atoms with Crippen molar-refractivity contribution < 1.29 is 41.6 Å². The molecule has 0 aliphatic carbocycles. The van der Waals surface area contributed by atoms with Gasteiger partial charge in [0.2, 0.25) is 22.6 Å². The summed E-state index contributed by atoms with van der Waals surface area (Å²) >= 11 is 0. The lowest BCUT2D eigenvalue weighted by Gasteiger charge is -2.42. The molecule has 1 saturated heterocycles. The summed E-state index contributed by atoms with van der Waals surface area (Å²) in [4.78, 5) is 11.3. The second kappa shape index (κ2) is 8.08. The Hall–Kier alpha value is -1.76. The van der Waals surface area contributed by atoms with Crippen LogP contribution in [0.3, 0.4) is 0 Å². The number of hydrogen-bond donors (Lipinski definition) is 3. The Morgan fingerprint density at radius 1 is 1.28 bits per heavy atom. The molecule has 0 saturated carbocycles. The molecule has 0 bridgehead atoms. The molecule has 1 fully saturated rings. The molecule has 0 aromatic heterocycles. The molecule has 25 heavy (non-hydrogen) atoms. The van der Waals surface area contributed by atoms with E-state index in [4.69, 9.17) is 9.47 Å². The zero-order valence-electron chi connectivity index (χ0n) is 13.1. The Balaban J connectivity index is 2.18. The standard InChI is InChI=1S/C14H19NO9S/c1-8(16)15-11-13(18)12(17)10(7-22-25(19,20)21)24-14(11)23-9-5-3-2-4-6-9/h2-6,10-14,17-18H,7H2,1H3,(H,15,16)(H,19,20,21)/p-1/t10?,11?,12-,13+,14+/m0/s1. The summed E-state index contributed by atoms with van der Waals surface area (Å²) < 4.78 is 46.8. The largest absolute Gasteiger partial charge is 0.726 e. The second-order valence-corrected chi connectivity index (χ2v) is 6.43. The van der Waals surface area contributed by atoms with Crippen molar-refractivity contribution in [3.63, 3.8) is 0 Å². The summed E-state index contributed by atoms with van der Waals surface area (Å²) in [5.74, 6) is -0.152. The topological polar surface area (TPSA) is 154 Å². The summed E-state index contributed by atoms with van der Waals surface area (Å²) in [6.45, 7) is 0.392. The zero-order chi connectivity index (χ0) is 18.6. The second-order valence-electron chi connectivity index (χ2n) is 5.37. The molecule has 0 spiro atoms. The molecule has 140 valence electrons. The maximum atomic E-state index is 11.3. The zero-order valence-corrected chi connectivity index (χ0v) is 14.0. The molecular formula is C14H18NO9S-. The lowest BCUT2D eigenvalue weighted by atomic mass is 9.97. The van der Waals surface area contributed by atoms with Gasteiger partial charge in [0.15, 0.2) is 0 Å². The van der Waals surface area contributed by atoms with Crippen LogP contribution in [0.5, 0.6) is 5.75 Å². The van der Waals surface area contributed by atoms with Crippen molar-refractivity contribution in [1.82, 2.24) is 5.32 Å². The van der Waals surface area contributed by atoms with E-state index in [1.165, 1.54) is 6.92 Å². The Labute approximate surface area is 144 Å². The first-order valence-corrected chi connectivity index (χ1v) is 8.61. The number of aliphatic hydroxyl groups excluding tert-OH is 2. The smallest absolute Gasteiger partial charge is 0.223 e. The van der Waals surface area contributed by atoms with Gasteiger partial charge in [0.1, 0.15) is 30.1 Å². The number of ether oxygens (including phenoxy) is 2. The minimum absolute atomic E-state index is 0.350. The highest BCUT2D eigenvalue weighted by atomic mass is 32.3. The minimum atomic E-state index is -5.01. The fraction of sp³-hybridized carbons (Fsp3) is 0.500. The summed E-state index contributed by atoms with van der Waals surface area (Å²) in [6, 6.07) is 7.17. The molecular weight excluding hydrogens is 358 g/mol. The monoisotopic (exact) mass is 376 g/mol. The Kier molecular flexibility index (Phi) is 6.32. The van der Waals surface area contributed by atoms with E-state index in [0.717, 1.165) is 0 Å². The van der Waals surface area contributed by atoms with Gasteiger partial charge in [0.05, 0.1) is 6.61 Å². The number of para-hydroxylation sites is 1. The molecule has 1 aliphatic rings. The Morgan fingerprint density at radius 3 is 2.48 bits per heavy atom. The number of carbonyl (C=O) groups excluding carboxylic acids is 1. The quantitative estimate of drug-likeness (QED) is 0.397. The van der Waals surface area contributed by atoms with E-state index in [0.29, 0.717) is 5.75 Å². The highest BCUT2D eigenvalue weighted by molar-refractivity contribution is 7.80. The normalized spacial score (nSPS) is 29.8. The summed E-state index contributed by atoms with van der Waals surface area (Å²) in [5.41, 5.74) is 0. The number of hydrogen-bond acceptors (Lipinski definition) is 9. The number of carbonyl (C=O) groups is 1. The summed E-state index contributed by atoms with van der Waals surface area (Å²) in [5, 5.41) is 22.7. The molecule has 3 N–H and O–H groups in total. The number of nitrogens with one attached hydrogen (secondary N) is 1. The average Bonchev–Trinajstić information content (AvgIpc) is 2.53. The van der Waals surface area contributed by atoms with Crippen molar-refractivity contribution in [1.29, 1.82) is 0 Å². The molecule has 1 aliphatic heterocycles. The van der Waals surface area contributed by atoms with Crippen LogP contribution in [0.1, 0.15) is 6.92 Å². The molecule has 1 amide bonds. The molecule has 1 aromatic rings. The van der Waals surface area contributed by atoms with Crippen molar-refractivity contribution in [2.75, 3.05) is 6.61 Å². The van der Waals surface area contributed by atoms with E-state index >= 15 is 0 Å². The van der Waals surface area contributed by atoms with Crippen molar-refractivity contribution >= 4 is 16.3 Å². The molecule has 0 radical (unpaired) electrons. The van der Waals surface area contributed by atoms with E-state index in [1.54, 1.807) is 30.3 Å². The number of amides is 1. The van der Waals surface area contributed by atoms with Gasteiger partial charge in [-0.25, -0.2) is 8.42 Å². The van der Waals surface area contributed by atoms with Gasteiger partial charge in [-0.3, -0.25) is 8.98 Å². The Morgan fingerprint density at radius 2 is 1.92 bits per heavy atom. The van der Waals surface area contributed by atoms with Crippen LogP contribution in [0.2, 0.25) is 0 Å². The first-order chi connectivity index (χ1) is 11.7.